The zero-order chi connectivity index (χ0) is 13.7. The molecule has 7 heteroatoms. The molecule has 19 heavy (non-hydrogen) atoms. The number of hydrogen-bond donors (Lipinski definition) is 2. The molecule has 0 saturated carbocycles. The second-order valence-electron chi connectivity index (χ2n) is 4.11. The van der Waals surface area contributed by atoms with Crippen LogP contribution in [0.2, 0.25) is 0 Å². The number of sulfonamides is 1. The van der Waals surface area contributed by atoms with E-state index in [4.69, 9.17) is 0 Å². The molecule has 0 bridgehead atoms. The van der Waals surface area contributed by atoms with Gasteiger partial charge in [-0.15, -0.1) is 0 Å². The van der Waals surface area contributed by atoms with Crippen molar-refractivity contribution in [3.63, 3.8) is 0 Å². The molecule has 2 N–H and O–H groups in total. The van der Waals surface area contributed by atoms with E-state index in [0.29, 0.717) is 18.5 Å². The lowest BCUT2D eigenvalue weighted by atomic mass is 10.2. The zero-order valence-electron chi connectivity index (χ0n) is 10.1. The van der Waals surface area contributed by atoms with Gasteiger partial charge < -0.3 is 4.98 Å². The number of imidazole rings is 1. The Hall–Kier alpha value is -1.73. The number of halogens is 1. The second-order valence-corrected chi connectivity index (χ2v) is 5.91. The maximum absolute atomic E-state index is 12.7. The Kier molecular flexibility index (Phi) is 4.28. The minimum atomic E-state index is -3.41. The number of nitrogens with one attached hydrogen (secondary N) is 2. The van der Waals surface area contributed by atoms with Gasteiger partial charge in [-0.2, -0.15) is 0 Å². The highest BCUT2D eigenvalue weighted by Crippen LogP contribution is 2.06. The maximum Gasteiger partial charge on any atom is 0.215 e. The Bertz CT molecular complexity index is 609. The number of benzene rings is 1. The molecule has 1 aromatic carbocycles. The molecule has 0 unspecified atom stereocenters. The van der Waals surface area contributed by atoms with E-state index in [2.05, 4.69) is 14.7 Å². The monoisotopic (exact) mass is 283 g/mol. The molecule has 0 amide bonds. The van der Waals surface area contributed by atoms with E-state index < -0.39 is 10.0 Å². The Balaban J connectivity index is 1.86. The Morgan fingerprint density at radius 3 is 2.63 bits per heavy atom. The minimum absolute atomic E-state index is 0.156. The molecule has 1 aromatic heterocycles. The quantitative estimate of drug-likeness (QED) is 0.837. The van der Waals surface area contributed by atoms with Crippen LogP contribution in [0.5, 0.6) is 0 Å². The van der Waals surface area contributed by atoms with Gasteiger partial charge in [0.2, 0.25) is 10.0 Å². The maximum atomic E-state index is 12.7. The van der Waals surface area contributed by atoms with E-state index in [9.17, 15) is 12.8 Å². The second kappa shape index (κ2) is 5.94. The number of nitrogens with zero attached hydrogens (tertiary/aromatic N) is 1. The third kappa shape index (κ3) is 4.46. The molecular formula is C12H14FN3O2S. The summed E-state index contributed by atoms with van der Waals surface area (Å²) in [6.45, 7) is 0.297. The average molecular weight is 283 g/mol. The fourth-order valence-electron chi connectivity index (χ4n) is 1.61. The van der Waals surface area contributed by atoms with Crippen LogP contribution in [0, 0.1) is 5.82 Å². The summed E-state index contributed by atoms with van der Waals surface area (Å²) in [5.74, 6) is -0.538. The SMILES string of the molecule is O=S(=O)(Cc1ccc(F)cc1)NCCc1cnc[nH]1. The predicted molar refractivity (Wildman–Crippen MR) is 69.3 cm³/mol. The minimum Gasteiger partial charge on any atom is -0.348 e. The van der Waals surface area contributed by atoms with Crippen LogP contribution in [-0.4, -0.2) is 24.9 Å². The normalized spacial score (nSPS) is 11.6. The molecule has 0 aliphatic heterocycles. The Labute approximate surface area is 110 Å². The highest BCUT2D eigenvalue weighted by molar-refractivity contribution is 7.88. The van der Waals surface area contributed by atoms with Gasteiger partial charge in [0.05, 0.1) is 12.1 Å². The number of rotatable bonds is 6. The number of hydrogen-bond acceptors (Lipinski definition) is 3. The molecule has 0 fully saturated rings. The fraction of sp³-hybridized carbons (Fsp3) is 0.250. The van der Waals surface area contributed by atoms with Crippen molar-refractivity contribution in [3.8, 4) is 0 Å². The van der Waals surface area contributed by atoms with Crippen LogP contribution in [0.3, 0.4) is 0 Å². The number of H-pyrrole nitrogens is 1. The van der Waals surface area contributed by atoms with Crippen molar-refractivity contribution in [1.29, 1.82) is 0 Å². The highest BCUT2D eigenvalue weighted by atomic mass is 32.2. The molecule has 1 heterocycles. The lowest BCUT2D eigenvalue weighted by Gasteiger charge is -2.06. The predicted octanol–water partition coefficient (Wildman–Crippen LogP) is 1.21. The Morgan fingerprint density at radius 2 is 2.00 bits per heavy atom. The first kappa shape index (κ1) is 13.7. The highest BCUT2D eigenvalue weighted by Gasteiger charge is 2.11. The van der Waals surface area contributed by atoms with Crippen molar-refractivity contribution in [2.75, 3.05) is 6.54 Å². The summed E-state index contributed by atoms with van der Waals surface area (Å²) in [5, 5.41) is 0. The third-order valence-corrected chi connectivity index (χ3v) is 3.90. The van der Waals surface area contributed by atoms with E-state index in [1.807, 2.05) is 0 Å². The summed E-state index contributed by atoms with van der Waals surface area (Å²) in [6.07, 6.45) is 3.74. The van der Waals surface area contributed by atoms with Gasteiger partial charge in [0, 0.05) is 24.9 Å². The van der Waals surface area contributed by atoms with Crippen LogP contribution < -0.4 is 4.72 Å². The van der Waals surface area contributed by atoms with Crippen LogP contribution in [0.1, 0.15) is 11.3 Å². The molecular weight excluding hydrogens is 269 g/mol. The van der Waals surface area contributed by atoms with Gasteiger partial charge in [-0.1, -0.05) is 12.1 Å². The lowest BCUT2D eigenvalue weighted by Crippen LogP contribution is -2.27. The van der Waals surface area contributed by atoms with Crippen LogP contribution in [0.4, 0.5) is 4.39 Å². The molecule has 5 nitrogen and oxygen atoms in total. The summed E-state index contributed by atoms with van der Waals surface area (Å²) in [4.78, 5) is 6.74. The van der Waals surface area contributed by atoms with Gasteiger partial charge >= 0.3 is 0 Å². The molecule has 0 aliphatic carbocycles. The summed E-state index contributed by atoms with van der Waals surface area (Å²) >= 11 is 0. The topological polar surface area (TPSA) is 74.8 Å². The first-order valence-corrected chi connectivity index (χ1v) is 7.39. The van der Waals surface area contributed by atoms with E-state index in [-0.39, 0.29) is 11.6 Å². The standard InChI is InChI=1S/C12H14FN3O2S/c13-11-3-1-10(2-4-11)8-19(17,18)16-6-5-12-7-14-9-15-12/h1-4,7,9,16H,5-6,8H2,(H,14,15). The van der Waals surface area contributed by atoms with Gasteiger partial charge in [0.25, 0.3) is 0 Å². The molecule has 0 aliphatic rings. The summed E-state index contributed by atoms with van der Waals surface area (Å²) in [7, 11) is -3.41. The number of aromatic amines is 1. The zero-order valence-corrected chi connectivity index (χ0v) is 11.0. The van der Waals surface area contributed by atoms with Crippen molar-refractivity contribution in [2.45, 2.75) is 12.2 Å². The van der Waals surface area contributed by atoms with Crippen LogP contribution in [-0.2, 0) is 22.2 Å². The van der Waals surface area contributed by atoms with Crippen LogP contribution in [0.15, 0.2) is 36.8 Å². The van der Waals surface area contributed by atoms with Crippen molar-refractivity contribution in [3.05, 3.63) is 53.9 Å². The molecule has 0 saturated heterocycles. The van der Waals surface area contributed by atoms with E-state index in [0.717, 1.165) is 5.69 Å². The molecule has 102 valence electrons. The molecule has 0 spiro atoms. The summed E-state index contributed by atoms with van der Waals surface area (Å²) < 4.78 is 38.8. The van der Waals surface area contributed by atoms with Gasteiger partial charge in [0.1, 0.15) is 5.82 Å². The van der Waals surface area contributed by atoms with Crippen LogP contribution in [0.25, 0.3) is 0 Å². The van der Waals surface area contributed by atoms with Crippen LogP contribution >= 0.6 is 0 Å². The molecule has 2 rings (SSSR count). The van der Waals surface area contributed by atoms with E-state index in [1.54, 1.807) is 12.5 Å². The average Bonchev–Trinajstić information content (AvgIpc) is 2.85. The largest absolute Gasteiger partial charge is 0.348 e. The summed E-state index contributed by atoms with van der Waals surface area (Å²) in [6, 6.07) is 5.41. The molecule has 0 atom stereocenters. The number of aromatic nitrogens is 2. The van der Waals surface area contributed by atoms with Gasteiger partial charge in [-0.3, -0.25) is 0 Å². The smallest absolute Gasteiger partial charge is 0.215 e. The van der Waals surface area contributed by atoms with Gasteiger partial charge in [0.15, 0.2) is 0 Å². The van der Waals surface area contributed by atoms with Crippen molar-refractivity contribution in [2.24, 2.45) is 0 Å². The first-order chi connectivity index (χ1) is 9.05. The van der Waals surface area contributed by atoms with Gasteiger partial charge in [-0.25, -0.2) is 22.5 Å². The lowest BCUT2D eigenvalue weighted by molar-refractivity contribution is 0.580. The van der Waals surface area contributed by atoms with Crippen molar-refractivity contribution >= 4 is 10.0 Å². The third-order valence-electron chi connectivity index (χ3n) is 2.54. The van der Waals surface area contributed by atoms with E-state index in [1.165, 1.54) is 24.3 Å². The van der Waals surface area contributed by atoms with Crippen molar-refractivity contribution < 1.29 is 12.8 Å². The fourth-order valence-corrected chi connectivity index (χ4v) is 2.76. The van der Waals surface area contributed by atoms with E-state index >= 15 is 0 Å². The summed E-state index contributed by atoms with van der Waals surface area (Å²) in [5.41, 5.74) is 1.42. The Morgan fingerprint density at radius 1 is 1.26 bits per heavy atom. The first-order valence-electron chi connectivity index (χ1n) is 5.74. The van der Waals surface area contributed by atoms with Crippen molar-refractivity contribution in [1.82, 2.24) is 14.7 Å². The molecule has 0 radical (unpaired) electrons. The molecule has 2 aromatic rings. The van der Waals surface area contributed by atoms with Gasteiger partial charge in [-0.05, 0) is 17.7 Å².